The number of amides is 1. The van der Waals surface area contributed by atoms with Crippen molar-refractivity contribution in [1.82, 2.24) is 15.2 Å². The Morgan fingerprint density at radius 3 is 2.42 bits per heavy atom. The second-order valence-corrected chi connectivity index (χ2v) is 8.56. The number of aliphatic hydroxyl groups is 1. The van der Waals surface area contributed by atoms with Gasteiger partial charge in [-0.15, -0.1) is 0 Å². The topological polar surface area (TPSA) is 77.5 Å². The van der Waals surface area contributed by atoms with E-state index in [4.69, 9.17) is 0 Å². The highest BCUT2D eigenvalue weighted by Crippen LogP contribution is 2.31. The van der Waals surface area contributed by atoms with Crippen molar-refractivity contribution in [2.24, 2.45) is 0 Å². The van der Waals surface area contributed by atoms with Gasteiger partial charge in [-0.05, 0) is 67.4 Å². The number of rotatable bonds is 8. The summed E-state index contributed by atoms with van der Waals surface area (Å²) in [7, 11) is 0. The van der Waals surface area contributed by atoms with Crippen LogP contribution in [0, 0.1) is 24.4 Å². The van der Waals surface area contributed by atoms with E-state index >= 15 is 0 Å². The molecule has 0 radical (unpaired) electrons. The Morgan fingerprint density at radius 1 is 1.06 bits per heavy atom. The molecule has 2 heterocycles. The van der Waals surface area contributed by atoms with E-state index in [2.05, 4.69) is 15.6 Å². The predicted octanol–water partition coefficient (Wildman–Crippen LogP) is 4.60. The normalized spacial score (nSPS) is 13.9. The highest BCUT2D eigenvalue weighted by molar-refractivity contribution is 6.01. The first kappa shape index (κ1) is 27.2. The van der Waals surface area contributed by atoms with E-state index in [1.165, 1.54) is 17.0 Å². The van der Waals surface area contributed by atoms with Crippen LogP contribution in [0.2, 0.25) is 0 Å². The molecule has 0 unspecified atom stereocenters. The molecule has 0 atom stereocenters. The lowest BCUT2D eigenvalue weighted by Gasteiger charge is -2.46. The Balaban J connectivity index is 0.00000176. The largest absolute Gasteiger partial charge is 0.385 e. The Labute approximate surface area is 209 Å². The zero-order valence-electron chi connectivity index (χ0n) is 20.6. The number of hydrogen-bond acceptors (Lipinski definition) is 5. The third-order valence-electron chi connectivity index (χ3n) is 5.76. The van der Waals surface area contributed by atoms with Gasteiger partial charge in [0, 0.05) is 18.9 Å². The summed E-state index contributed by atoms with van der Waals surface area (Å²) in [6, 6.07) is 10.1. The van der Waals surface area contributed by atoms with Crippen LogP contribution in [-0.4, -0.2) is 52.7 Å². The summed E-state index contributed by atoms with van der Waals surface area (Å²) in [4.78, 5) is 18.3. The second kappa shape index (κ2) is 12.0. The van der Waals surface area contributed by atoms with E-state index in [1.54, 1.807) is 25.4 Å². The van der Waals surface area contributed by atoms with Gasteiger partial charge in [-0.2, -0.15) is 0 Å². The van der Waals surface area contributed by atoms with Crippen molar-refractivity contribution >= 4 is 17.3 Å². The van der Waals surface area contributed by atoms with Crippen LogP contribution in [0.5, 0.6) is 0 Å². The number of hydrogen-bond donors (Lipinski definition) is 3. The zero-order valence-corrected chi connectivity index (χ0v) is 20.6. The van der Waals surface area contributed by atoms with Gasteiger partial charge in [-0.1, -0.05) is 19.9 Å². The fourth-order valence-electron chi connectivity index (χ4n) is 3.90. The molecule has 192 valence electrons. The van der Waals surface area contributed by atoms with Crippen molar-refractivity contribution in [2.45, 2.75) is 32.8 Å². The molecular formula is C27H31F3N4O2. The Morgan fingerprint density at radius 2 is 1.75 bits per heavy atom. The molecule has 6 nitrogen and oxygen atoms in total. The number of benzene rings is 2. The van der Waals surface area contributed by atoms with Crippen molar-refractivity contribution in [1.29, 1.82) is 0 Å². The maximum Gasteiger partial charge on any atom is 0.256 e. The fourth-order valence-corrected chi connectivity index (χ4v) is 3.90. The Kier molecular flexibility index (Phi) is 9.06. The van der Waals surface area contributed by atoms with E-state index in [-0.39, 0.29) is 30.9 Å². The van der Waals surface area contributed by atoms with Gasteiger partial charge in [0.05, 0.1) is 30.0 Å². The molecule has 1 saturated heterocycles. The number of nitrogens with one attached hydrogen (secondary N) is 2. The quantitative estimate of drug-likeness (QED) is 0.394. The van der Waals surface area contributed by atoms with Crippen LogP contribution in [0.25, 0.3) is 0 Å². The number of pyridine rings is 1. The summed E-state index contributed by atoms with van der Waals surface area (Å²) in [6.45, 7) is 6.68. The average Bonchev–Trinajstić information content (AvgIpc) is 2.86. The highest BCUT2D eigenvalue weighted by Gasteiger charge is 2.44. The van der Waals surface area contributed by atoms with Gasteiger partial charge in [0.25, 0.3) is 5.91 Å². The lowest BCUT2D eigenvalue weighted by molar-refractivity contribution is -0.0783. The number of carbonyl (C=O) groups is 1. The first-order chi connectivity index (χ1) is 17.3. The van der Waals surface area contributed by atoms with E-state index in [0.29, 0.717) is 12.1 Å². The minimum atomic E-state index is -1.28. The number of β-amino-alcohol motifs (C(OH)–C–C–N with tert-alkyl or cyclic N) is 1. The van der Waals surface area contributed by atoms with Crippen molar-refractivity contribution in [3.8, 4) is 0 Å². The predicted molar refractivity (Wildman–Crippen MR) is 134 cm³/mol. The van der Waals surface area contributed by atoms with Crippen molar-refractivity contribution in [3.05, 3.63) is 89.0 Å². The molecule has 36 heavy (non-hydrogen) atoms. The minimum absolute atomic E-state index is 0.0332. The van der Waals surface area contributed by atoms with Gasteiger partial charge < -0.3 is 20.6 Å². The summed E-state index contributed by atoms with van der Waals surface area (Å²) in [6.07, 6.45) is 4.19. The van der Waals surface area contributed by atoms with Crippen molar-refractivity contribution in [2.75, 3.05) is 31.5 Å². The molecule has 0 saturated carbocycles. The van der Waals surface area contributed by atoms with Gasteiger partial charge in [-0.3, -0.25) is 9.78 Å². The monoisotopic (exact) mass is 500 g/mol. The van der Waals surface area contributed by atoms with Crippen LogP contribution < -0.4 is 10.6 Å². The number of carbonyl (C=O) groups excluding carboxylic acids is 1. The molecule has 4 rings (SSSR count). The Hall–Kier alpha value is -3.43. The van der Waals surface area contributed by atoms with E-state index < -0.39 is 34.6 Å². The maximum atomic E-state index is 14.6. The van der Waals surface area contributed by atoms with Crippen molar-refractivity contribution in [3.63, 3.8) is 0 Å². The first-order valence-corrected chi connectivity index (χ1v) is 11.9. The molecule has 1 amide bonds. The van der Waals surface area contributed by atoms with Gasteiger partial charge in [0.2, 0.25) is 0 Å². The van der Waals surface area contributed by atoms with E-state index in [1.807, 2.05) is 26.0 Å². The summed E-state index contributed by atoms with van der Waals surface area (Å²) in [5, 5.41) is 16.4. The van der Waals surface area contributed by atoms with Gasteiger partial charge in [-0.25, -0.2) is 13.2 Å². The maximum absolute atomic E-state index is 14.6. The van der Waals surface area contributed by atoms with Crippen molar-refractivity contribution < 1.29 is 23.1 Å². The van der Waals surface area contributed by atoms with Gasteiger partial charge in [0.15, 0.2) is 11.6 Å². The SMILES string of the molecule is CC.Cc1ccc(Nc2c(C(=O)N3CC(O)(CNCCc4ccncc4)C3)ccc(F)c2F)c(F)c1. The lowest BCUT2D eigenvalue weighted by Crippen LogP contribution is -2.67. The average molecular weight is 501 g/mol. The van der Waals surface area contributed by atoms with Crippen LogP contribution in [0.4, 0.5) is 24.5 Å². The molecule has 9 heteroatoms. The number of halogens is 3. The molecule has 2 aromatic carbocycles. The zero-order chi connectivity index (χ0) is 26.3. The van der Waals surface area contributed by atoms with E-state index in [9.17, 15) is 23.1 Å². The third kappa shape index (κ3) is 6.41. The van der Waals surface area contributed by atoms with Gasteiger partial charge in [0.1, 0.15) is 11.4 Å². The molecule has 1 aliphatic rings. The number of aromatic nitrogens is 1. The van der Waals surface area contributed by atoms with Crippen LogP contribution in [0.3, 0.4) is 0 Å². The fraction of sp³-hybridized carbons (Fsp3) is 0.333. The molecule has 3 N–H and O–H groups in total. The van der Waals surface area contributed by atoms with E-state index in [0.717, 1.165) is 24.1 Å². The smallest absolute Gasteiger partial charge is 0.256 e. The minimum Gasteiger partial charge on any atom is -0.385 e. The molecule has 0 aliphatic carbocycles. The third-order valence-corrected chi connectivity index (χ3v) is 5.76. The molecular weight excluding hydrogens is 469 g/mol. The number of nitrogens with zero attached hydrogens (tertiary/aromatic N) is 2. The number of likely N-dealkylation sites (tertiary alicyclic amines) is 1. The Bertz CT molecular complexity index is 1190. The molecule has 1 aromatic heterocycles. The molecule has 3 aromatic rings. The number of aryl methyl sites for hydroxylation is 1. The summed E-state index contributed by atoms with van der Waals surface area (Å²) >= 11 is 0. The van der Waals surface area contributed by atoms with Gasteiger partial charge >= 0.3 is 0 Å². The molecule has 0 spiro atoms. The van der Waals surface area contributed by atoms with Crippen LogP contribution in [0.15, 0.2) is 54.9 Å². The summed E-state index contributed by atoms with van der Waals surface area (Å²) in [5.74, 6) is -3.68. The molecule has 1 fully saturated rings. The summed E-state index contributed by atoms with van der Waals surface area (Å²) in [5.41, 5.74) is -0.0205. The summed E-state index contributed by atoms with van der Waals surface area (Å²) < 4.78 is 42.8. The lowest BCUT2D eigenvalue weighted by atomic mass is 9.92. The first-order valence-electron chi connectivity index (χ1n) is 11.9. The van der Waals surface area contributed by atoms with Crippen LogP contribution >= 0.6 is 0 Å². The highest BCUT2D eigenvalue weighted by atomic mass is 19.2. The molecule has 0 bridgehead atoms. The second-order valence-electron chi connectivity index (χ2n) is 8.56. The van der Waals surface area contributed by atoms with Crippen LogP contribution in [0.1, 0.15) is 35.3 Å². The standard InChI is InChI=1S/C25H25F3N4O2.C2H6/c1-16-2-5-21(20(27)12-16)31-23-18(3-4-19(26)22(23)28)24(33)32-14-25(34,15-32)13-30-11-8-17-6-9-29-10-7-17;1-2/h2-7,9-10,12,30-31,34H,8,11,13-15H2,1H3;1-2H3. The molecule has 1 aliphatic heterocycles. The van der Waals surface area contributed by atoms with Crippen LogP contribution in [-0.2, 0) is 6.42 Å². The number of anilines is 2.